The van der Waals surface area contributed by atoms with Gasteiger partial charge < -0.3 is 36.8 Å². The number of primary amides is 1. The Morgan fingerprint density at radius 1 is 0.929 bits per heavy atom. The van der Waals surface area contributed by atoms with Gasteiger partial charge in [-0.15, -0.1) is 0 Å². The summed E-state index contributed by atoms with van der Waals surface area (Å²) < 4.78 is 0. The predicted octanol–water partition coefficient (Wildman–Crippen LogP) is 0.324. The minimum Gasteiger partial charge on any atom is -0.481 e. The van der Waals surface area contributed by atoms with Crippen molar-refractivity contribution < 1.29 is 39.0 Å². The highest BCUT2D eigenvalue weighted by Gasteiger charge is 2.44. The van der Waals surface area contributed by atoms with Crippen LogP contribution >= 0.6 is 0 Å². The number of nitrogens with one attached hydrogen (secondary N) is 3. The van der Waals surface area contributed by atoms with E-state index < -0.39 is 59.3 Å². The molecule has 1 rings (SSSR count). The first-order valence-corrected chi connectivity index (χ1v) is 14.8. The van der Waals surface area contributed by atoms with Crippen LogP contribution in [-0.4, -0.2) is 93.4 Å². The molecule has 0 bridgehead atoms. The number of aliphatic carboxylic acids is 1. The second-order valence-electron chi connectivity index (χ2n) is 12.4. The van der Waals surface area contributed by atoms with Gasteiger partial charge in [0, 0.05) is 37.4 Å². The summed E-state index contributed by atoms with van der Waals surface area (Å²) in [7, 11) is 0. The molecule has 0 saturated carbocycles. The van der Waals surface area contributed by atoms with Crippen LogP contribution in [0.4, 0.5) is 0 Å². The molecule has 0 aromatic heterocycles. The Balaban J connectivity index is 2.95. The van der Waals surface area contributed by atoms with Crippen LogP contribution in [0, 0.1) is 17.8 Å². The number of carboxylic acids is 1. The monoisotopic (exact) mass is 597 g/mol. The first-order chi connectivity index (χ1) is 19.4. The third kappa shape index (κ3) is 11.3. The third-order valence-corrected chi connectivity index (χ3v) is 7.47. The molecule has 0 aliphatic carbocycles. The lowest BCUT2D eigenvalue weighted by molar-refractivity contribution is -0.142. The fourth-order valence-electron chi connectivity index (χ4n) is 5.30. The summed E-state index contributed by atoms with van der Waals surface area (Å²) in [6, 6.07) is -2.29. The Bertz CT molecular complexity index is 973. The van der Waals surface area contributed by atoms with Crippen molar-refractivity contribution in [1.82, 2.24) is 20.9 Å². The molecule has 1 heterocycles. The number of carboxylic acid groups (broad SMARTS) is 1. The van der Waals surface area contributed by atoms with Crippen molar-refractivity contribution in [1.29, 1.82) is 0 Å². The molecule has 1 aliphatic rings. The standard InChI is InChI=1S/C29H51N5O8/c1-16(2)14-20(15-23(37)38)27(41)31-21(25(39)17(3)4)8-9-22(36)34-12-10-29(11-13-34,33-18(5)6)28(42)32-24(19(7)35)26(30)40/h16-21,24,33,35H,8-15H2,1-7H3,(H2,30,40)(H,31,41)(H,32,42)(H,37,38)/t19-,20+,21+,24+/m1/s1. The van der Waals surface area contributed by atoms with Crippen molar-refractivity contribution in [2.45, 2.75) is 117 Å². The number of aliphatic hydroxyl groups excluding tert-OH is 1. The average molecular weight is 598 g/mol. The number of nitrogens with zero attached hydrogens (tertiary/aromatic N) is 1. The Labute approximate surface area is 248 Å². The van der Waals surface area contributed by atoms with E-state index in [-0.39, 0.29) is 68.8 Å². The Kier molecular flexibility index (Phi) is 14.6. The molecule has 0 radical (unpaired) electrons. The van der Waals surface area contributed by atoms with E-state index in [9.17, 15) is 39.0 Å². The van der Waals surface area contributed by atoms with Gasteiger partial charge >= 0.3 is 5.97 Å². The average Bonchev–Trinajstić information content (AvgIpc) is 2.87. The quantitative estimate of drug-likeness (QED) is 0.136. The zero-order chi connectivity index (χ0) is 32.4. The SMILES string of the molecule is CC(C)C[C@@H](CC(=O)O)C(=O)N[C@@H](CCC(=O)N1CCC(NC(C)C)(C(=O)N[C@H](C(N)=O)[C@@H](C)O)CC1)C(=O)C(C)C. The van der Waals surface area contributed by atoms with E-state index in [1.807, 2.05) is 27.7 Å². The van der Waals surface area contributed by atoms with Gasteiger partial charge in [0.2, 0.25) is 23.6 Å². The number of aliphatic hydroxyl groups is 1. The molecule has 0 spiro atoms. The number of likely N-dealkylation sites (tertiary alicyclic amines) is 1. The van der Waals surface area contributed by atoms with Crippen LogP contribution in [0.3, 0.4) is 0 Å². The molecular weight excluding hydrogens is 546 g/mol. The van der Waals surface area contributed by atoms with E-state index in [0.717, 1.165) is 0 Å². The molecule has 1 fully saturated rings. The summed E-state index contributed by atoms with van der Waals surface area (Å²) in [4.78, 5) is 77.0. The number of piperidine rings is 1. The van der Waals surface area contributed by atoms with Gasteiger partial charge in [0.1, 0.15) is 11.6 Å². The highest BCUT2D eigenvalue weighted by atomic mass is 16.4. The minimum atomic E-state index is -1.26. The molecule has 1 aliphatic heterocycles. The molecule has 13 heteroatoms. The number of amides is 4. The lowest BCUT2D eigenvalue weighted by Gasteiger charge is -2.43. The van der Waals surface area contributed by atoms with Crippen molar-refractivity contribution in [3.8, 4) is 0 Å². The second-order valence-corrected chi connectivity index (χ2v) is 12.4. The van der Waals surface area contributed by atoms with Crippen LogP contribution in [0.1, 0.15) is 87.0 Å². The molecule has 1 saturated heterocycles. The van der Waals surface area contributed by atoms with Crippen LogP contribution in [0.15, 0.2) is 0 Å². The maximum atomic E-state index is 13.3. The van der Waals surface area contributed by atoms with Gasteiger partial charge in [-0.25, -0.2) is 0 Å². The number of hydrogen-bond acceptors (Lipinski definition) is 8. The zero-order valence-electron chi connectivity index (χ0n) is 26.1. The number of carbonyl (C=O) groups excluding carboxylic acids is 5. The van der Waals surface area contributed by atoms with E-state index >= 15 is 0 Å². The van der Waals surface area contributed by atoms with Crippen LogP contribution in [0.5, 0.6) is 0 Å². The van der Waals surface area contributed by atoms with Crippen molar-refractivity contribution in [3.05, 3.63) is 0 Å². The van der Waals surface area contributed by atoms with Gasteiger partial charge in [0.05, 0.1) is 18.6 Å². The van der Waals surface area contributed by atoms with Crippen LogP contribution in [0.25, 0.3) is 0 Å². The van der Waals surface area contributed by atoms with Crippen LogP contribution in [0.2, 0.25) is 0 Å². The number of nitrogens with two attached hydrogens (primary N) is 1. The molecule has 4 atom stereocenters. The molecule has 42 heavy (non-hydrogen) atoms. The largest absolute Gasteiger partial charge is 0.481 e. The Hall–Kier alpha value is -3.06. The van der Waals surface area contributed by atoms with Gasteiger partial charge in [-0.1, -0.05) is 27.7 Å². The number of Topliss-reactive ketones (excluding diaryl/α,β-unsaturated/α-hetero) is 1. The predicted molar refractivity (Wildman–Crippen MR) is 156 cm³/mol. The number of rotatable bonds is 17. The lowest BCUT2D eigenvalue weighted by atomic mass is 9.85. The lowest BCUT2D eigenvalue weighted by Crippen LogP contribution is -2.66. The smallest absolute Gasteiger partial charge is 0.304 e. The zero-order valence-corrected chi connectivity index (χ0v) is 26.1. The molecule has 4 amide bonds. The Morgan fingerprint density at radius 2 is 1.50 bits per heavy atom. The van der Waals surface area contributed by atoms with Crippen molar-refractivity contribution in [3.63, 3.8) is 0 Å². The topological polar surface area (TPSA) is 208 Å². The van der Waals surface area contributed by atoms with Crippen molar-refractivity contribution >= 4 is 35.4 Å². The number of carbonyl (C=O) groups is 6. The first kappa shape index (κ1) is 37.0. The van der Waals surface area contributed by atoms with E-state index in [2.05, 4.69) is 16.0 Å². The van der Waals surface area contributed by atoms with Crippen molar-refractivity contribution in [2.75, 3.05) is 13.1 Å². The van der Waals surface area contributed by atoms with Gasteiger partial charge in [0.25, 0.3) is 0 Å². The van der Waals surface area contributed by atoms with E-state index in [1.165, 1.54) is 6.92 Å². The number of ketones is 1. The molecule has 13 nitrogen and oxygen atoms in total. The third-order valence-electron chi connectivity index (χ3n) is 7.47. The van der Waals surface area contributed by atoms with E-state index in [1.54, 1.807) is 18.7 Å². The highest BCUT2D eigenvalue weighted by Crippen LogP contribution is 2.25. The molecule has 0 aromatic rings. The van der Waals surface area contributed by atoms with Gasteiger partial charge in [-0.3, -0.25) is 28.8 Å². The molecular formula is C29H51N5O8. The van der Waals surface area contributed by atoms with E-state index in [0.29, 0.717) is 6.42 Å². The fraction of sp³-hybridized carbons (Fsp3) is 0.793. The number of hydrogen-bond donors (Lipinski definition) is 6. The second kappa shape index (κ2) is 16.5. The maximum Gasteiger partial charge on any atom is 0.304 e. The van der Waals surface area contributed by atoms with Crippen LogP contribution < -0.4 is 21.7 Å². The van der Waals surface area contributed by atoms with Crippen molar-refractivity contribution in [2.24, 2.45) is 23.5 Å². The summed E-state index contributed by atoms with van der Waals surface area (Å²) in [5, 5.41) is 27.6. The van der Waals surface area contributed by atoms with Gasteiger partial charge in [-0.2, -0.15) is 0 Å². The molecule has 7 N–H and O–H groups in total. The minimum absolute atomic E-state index is 0.0280. The Morgan fingerprint density at radius 3 is 1.93 bits per heavy atom. The van der Waals surface area contributed by atoms with Gasteiger partial charge in [0.15, 0.2) is 5.78 Å². The molecule has 240 valence electrons. The first-order valence-electron chi connectivity index (χ1n) is 14.8. The summed E-state index contributed by atoms with van der Waals surface area (Å²) in [5.41, 5.74) is 4.25. The molecule has 0 aromatic carbocycles. The van der Waals surface area contributed by atoms with Crippen LogP contribution in [-0.2, 0) is 28.8 Å². The summed E-state index contributed by atoms with van der Waals surface area (Å²) in [6.45, 7) is 12.7. The normalized spacial score (nSPS) is 17.8. The summed E-state index contributed by atoms with van der Waals surface area (Å²) >= 11 is 0. The van der Waals surface area contributed by atoms with E-state index in [4.69, 9.17) is 5.73 Å². The summed E-state index contributed by atoms with van der Waals surface area (Å²) in [6.07, 6.45) is -0.669. The van der Waals surface area contributed by atoms with Gasteiger partial charge in [-0.05, 0) is 52.4 Å². The maximum absolute atomic E-state index is 13.3. The molecule has 0 unspecified atom stereocenters. The summed E-state index contributed by atoms with van der Waals surface area (Å²) in [5.74, 6) is -4.58. The highest BCUT2D eigenvalue weighted by molar-refractivity contribution is 5.93. The fourth-order valence-corrected chi connectivity index (χ4v) is 5.30.